The molecule has 0 aromatic heterocycles. The lowest BCUT2D eigenvalue weighted by Gasteiger charge is -2.20. The highest BCUT2D eigenvalue weighted by Gasteiger charge is 2.25. The Morgan fingerprint density at radius 2 is 2.14 bits per heavy atom. The van der Waals surface area contributed by atoms with Crippen molar-refractivity contribution in [3.05, 3.63) is 27.7 Å². The molecule has 74 valence electrons. The maximum absolute atomic E-state index is 11.7. The Hall–Kier alpha value is -0.180. The first-order chi connectivity index (χ1) is 6.58. The fourth-order valence-electron chi connectivity index (χ4n) is 1.50. The third kappa shape index (κ3) is 1.79. The van der Waals surface area contributed by atoms with Crippen LogP contribution >= 0.6 is 35.0 Å². The van der Waals surface area contributed by atoms with Crippen molar-refractivity contribution in [3.63, 3.8) is 0 Å². The third-order valence-electron chi connectivity index (χ3n) is 2.10. The topological polar surface area (TPSA) is 17.1 Å². The van der Waals surface area contributed by atoms with E-state index in [0.717, 1.165) is 4.90 Å². The SMILES string of the molecule is CC1CC(=O)c2cc(Cl)cc(Cl)c2S1. The minimum Gasteiger partial charge on any atom is -0.294 e. The number of benzene rings is 1. The van der Waals surface area contributed by atoms with Crippen LogP contribution in [0.4, 0.5) is 0 Å². The summed E-state index contributed by atoms with van der Waals surface area (Å²) >= 11 is 13.5. The minimum absolute atomic E-state index is 0.135. The van der Waals surface area contributed by atoms with Crippen LogP contribution in [-0.2, 0) is 0 Å². The van der Waals surface area contributed by atoms with Crippen LogP contribution in [0.5, 0.6) is 0 Å². The fourth-order valence-corrected chi connectivity index (χ4v) is 3.24. The van der Waals surface area contributed by atoms with Gasteiger partial charge in [0.05, 0.1) is 5.02 Å². The number of halogens is 2. The summed E-state index contributed by atoms with van der Waals surface area (Å²) in [5.74, 6) is 0.135. The predicted molar refractivity (Wildman–Crippen MR) is 60.7 cm³/mol. The van der Waals surface area contributed by atoms with Crippen LogP contribution in [0.15, 0.2) is 17.0 Å². The van der Waals surface area contributed by atoms with Crippen LogP contribution < -0.4 is 0 Å². The van der Waals surface area contributed by atoms with Crippen molar-refractivity contribution in [2.45, 2.75) is 23.5 Å². The van der Waals surface area contributed by atoms with Crippen molar-refractivity contribution in [2.75, 3.05) is 0 Å². The molecular formula is C10H8Cl2OS. The Labute approximate surface area is 96.8 Å². The molecule has 0 N–H and O–H groups in total. The molecule has 1 nitrogen and oxygen atoms in total. The molecule has 0 fully saturated rings. The zero-order valence-corrected chi connectivity index (χ0v) is 9.84. The summed E-state index contributed by atoms with van der Waals surface area (Å²) < 4.78 is 0. The van der Waals surface area contributed by atoms with Gasteiger partial charge in [-0.3, -0.25) is 4.79 Å². The molecule has 1 aromatic rings. The van der Waals surface area contributed by atoms with Gasteiger partial charge in [0.15, 0.2) is 5.78 Å². The molecule has 0 radical (unpaired) electrons. The molecule has 4 heteroatoms. The molecule has 0 amide bonds. The van der Waals surface area contributed by atoms with E-state index in [1.807, 2.05) is 6.92 Å². The lowest BCUT2D eigenvalue weighted by molar-refractivity contribution is 0.0978. The highest BCUT2D eigenvalue weighted by atomic mass is 35.5. The monoisotopic (exact) mass is 246 g/mol. The van der Waals surface area contributed by atoms with Gasteiger partial charge in [-0.2, -0.15) is 0 Å². The fraction of sp³-hybridized carbons (Fsp3) is 0.300. The Balaban J connectivity index is 2.59. The molecule has 14 heavy (non-hydrogen) atoms. The Morgan fingerprint density at radius 1 is 1.43 bits per heavy atom. The second kappa shape index (κ2) is 3.76. The largest absolute Gasteiger partial charge is 0.294 e. The van der Waals surface area contributed by atoms with E-state index < -0.39 is 0 Å². The van der Waals surface area contributed by atoms with Crippen molar-refractivity contribution in [1.29, 1.82) is 0 Å². The van der Waals surface area contributed by atoms with E-state index in [0.29, 0.717) is 27.3 Å². The molecule has 1 unspecified atom stereocenters. The summed E-state index contributed by atoms with van der Waals surface area (Å²) in [7, 11) is 0. The van der Waals surface area contributed by atoms with Crippen molar-refractivity contribution in [1.82, 2.24) is 0 Å². The van der Waals surface area contributed by atoms with Crippen molar-refractivity contribution in [3.8, 4) is 0 Å². The molecule has 1 atom stereocenters. The number of thioether (sulfide) groups is 1. The van der Waals surface area contributed by atoms with Gasteiger partial charge < -0.3 is 0 Å². The lowest BCUT2D eigenvalue weighted by Crippen LogP contribution is -2.14. The highest BCUT2D eigenvalue weighted by Crippen LogP contribution is 2.41. The Bertz CT molecular complexity index is 403. The van der Waals surface area contributed by atoms with Crippen molar-refractivity contribution in [2.24, 2.45) is 0 Å². The van der Waals surface area contributed by atoms with Crippen LogP contribution in [-0.4, -0.2) is 11.0 Å². The second-order valence-electron chi connectivity index (χ2n) is 3.32. The normalized spacial score (nSPS) is 20.8. The molecule has 1 aliphatic heterocycles. The van der Waals surface area contributed by atoms with E-state index >= 15 is 0 Å². The van der Waals surface area contributed by atoms with Crippen LogP contribution in [0.1, 0.15) is 23.7 Å². The highest BCUT2D eigenvalue weighted by molar-refractivity contribution is 8.00. The first-order valence-electron chi connectivity index (χ1n) is 4.27. The zero-order chi connectivity index (χ0) is 10.3. The summed E-state index contributed by atoms with van der Waals surface area (Å²) in [5, 5.41) is 1.41. The second-order valence-corrected chi connectivity index (χ2v) is 5.61. The first kappa shape index (κ1) is 10.3. The number of hydrogen-bond acceptors (Lipinski definition) is 2. The van der Waals surface area contributed by atoms with E-state index in [1.54, 1.807) is 23.9 Å². The number of Topliss-reactive ketones (excluding diaryl/α,β-unsaturated/α-hetero) is 1. The molecule has 2 rings (SSSR count). The number of rotatable bonds is 0. The molecule has 1 aromatic carbocycles. The number of ketones is 1. The summed E-state index contributed by atoms with van der Waals surface area (Å²) in [6, 6.07) is 3.38. The molecule has 0 bridgehead atoms. The van der Waals surface area contributed by atoms with Crippen molar-refractivity contribution < 1.29 is 4.79 Å². The molecule has 0 saturated heterocycles. The molecule has 1 aliphatic rings. The van der Waals surface area contributed by atoms with Gasteiger partial charge >= 0.3 is 0 Å². The summed E-state index contributed by atoms with van der Waals surface area (Å²) in [6.45, 7) is 2.02. The van der Waals surface area contributed by atoms with E-state index in [4.69, 9.17) is 23.2 Å². The van der Waals surface area contributed by atoms with Gasteiger partial charge in [0, 0.05) is 27.2 Å². The summed E-state index contributed by atoms with van der Waals surface area (Å²) in [4.78, 5) is 12.5. The van der Waals surface area contributed by atoms with Gasteiger partial charge in [-0.25, -0.2) is 0 Å². The average molecular weight is 247 g/mol. The maximum atomic E-state index is 11.7. The molecule has 0 spiro atoms. The van der Waals surface area contributed by atoms with E-state index in [1.165, 1.54) is 0 Å². The standard InChI is InChI=1S/C10H8Cl2OS/c1-5-2-9(13)7-3-6(11)4-8(12)10(7)14-5/h3-5H,2H2,1H3. The molecular weight excluding hydrogens is 239 g/mol. The number of hydrogen-bond donors (Lipinski definition) is 0. The number of fused-ring (bicyclic) bond motifs is 1. The number of carbonyl (C=O) groups is 1. The van der Waals surface area contributed by atoms with Gasteiger partial charge in [0.2, 0.25) is 0 Å². The Morgan fingerprint density at radius 3 is 2.86 bits per heavy atom. The van der Waals surface area contributed by atoms with Crippen LogP contribution in [0.25, 0.3) is 0 Å². The van der Waals surface area contributed by atoms with Crippen LogP contribution in [0.2, 0.25) is 10.0 Å². The zero-order valence-electron chi connectivity index (χ0n) is 7.51. The lowest BCUT2D eigenvalue weighted by atomic mass is 10.1. The van der Waals surface area contributed by atoms with Crippen LogP contribution in [0.3, 0.4) is 0 Å². The predicted octanol–water partition coefficient (Wildman–Crippen LogP) is 4.06. The minimum atomic E-state index is 0.135. The summed E-state index contributed by atoms with van der Waals surface area (Å²) in [6.07, 6.45) is 0.564. The summed E-state index contributed by atoms with van der Waals surface area (Å²) in [5.41, 5.74) is 0.672. The number of carbonyl (C=O) groups excluding carboxylic acids is 1. The third-order valence-corrected chi connectivity index (χ3v) is 3.97. The first-order valence-corrected chi connectivity index (χ1v) is 5.90. The Kier molecular flexibility index (Phi) is 2.78. The quantitative estimate of drug-likeness (QED) is 0.687. The van der Waals surface area contributed by atoms with Gasteiger partial charge in [-0.15, -0.1) is 11.8 Å². The molecule has 0 aliphatic carbocycles. The maximum Gasteiger partial charge on any atom is 0.165 e. The van der Waals surface area contributed by atoms with Crippen molar-refractivity contribution >= 4 is 40.7 Å². The van der Waals surface area contributed by atoms with E-state index in [-0.39, 0.29) is 5.78 Å². The molecule has 1 heterocycles. The molecule has 0 saturated carbocycles. The van der Waals surface area contributed by atoms with Gasteiger partial charge in [-0.1, -0.05) is 30.1 Å². The van der Waals surface area contributed by atoms with E-state index in [9.17, 15) is 4.79 Å². The van der Waals surface area contributed by atoms with Gasteiger partial charge in [0.1, 0.15) is 0 Å². The van der Waals surface area contributed by atoms with Gasteiger partial charge in [-0.05, 0) is 12.1 Å². The van der Waals surface area contributed by atoms with Crippen LogP contribution in [0, 0.1) is 0 Å². The van der Waals surface area contributed by atoms with Gasteiger partial charge in [0.25, 0.3) is 0 Å². The van der Waals surface area contributed by atoms with E-state index in [2.05, 4.69) is 0 Å². The average Bonchev–Trinajstić information content (AvgIpc) is 2.07. The smallest absolute Gasteiger partial charge is 0.165 e.